The fraction of sp³-hybridized carbons (Fsp3) is 0.0189. The van der Waals surface area contributed by atoms with E-state index in [1.807, 2.05) is 28.7 Å². The zero-order valence-corrected chi connectivity index (χ0v) is 32.6. The number of anilines is 3. The SMILES string of the molecule is C=C/C(=C(\C=C/C)c1ccc(N(c2ccccc2-c2ccc3sc4ccccc4c3c2)c2cccc3sc4ccccc4c23)cc1)c1ccc2ccccc2c1. The number of para-hydroxylation sites is 1. The molecule has 2 aromatic heterocycles. The van der Waals surface area contributed by atoms with Gasteiger partial charge in [0.1, 0.15) is 0 Å². The molecule has 3 heteroatoms. The van der Waals surface area contributed by atoms with Crippen molar-refractivity contribution in [1.82, 2.24) is 0 Å². The summed E-state index contributed by atoms with van der Waals surface area (Å²) in [6.45, 7) is 6.37. The van der Waals surface area contributed by atoms with Gasteiger partial charge in [0.15, 0.2) is 0 Å². The smallest absolute Gasteiger partial charge is 0.0555 e. The molecule has 8 aromatic carbocycles. The van der Waals surface area contributed by atoms with E-state index in [2.05, 4.69) is 206 Å². The van der Waals surface area contributed by atoms with E-state index < -0.39 is 0 Å². The zero-order chi connectivity index (χ0) is 37.6. The molecule has 0 aliphatic carbocycles. The van der Waals surface area contributed by atoms with Crippen LogP contribution in [0.4, 0.5) is 17.1 Å². The minimum absolute atomic E-state index is 1.09. The van der Waals surface area contributed by atoms with Gasteiger partial charge in [0.2, 0.25) is 0 Å². The summed E-state index contributed by atoms with van der Waals surface area (Å²) in [5, 5.41) is 7.60. The molecule has 2 heterocycles. The third-order valence-electron chi connectivity index (χ3n) is 10.8. The van der Waals surface area contributed by atoms with Crippen molar-refractivity contribution in [3.05, 3.63) is 212 Å². The first kappa shape index (κ1) is 34.0. The molecule has 0 aliphatic heterocycles. The Morgan fingerprint density at radius 1 is 0.500 bits per heavy atom. The molecule has 0 aliphatic rings. The van der Waals surface area contributed by atoms with E-state index in [1.165, 1.54) is 62.2 Å². The number of allylic oxidation sites excluding steroid dienone is 5. The van der Waals surface area contributed by atoms with E-state index in [0.29, 0.717) is 0 Å². The molecular weight excluding hydrogens is 715 g/mol. The maximum absolute atomic E-state index is 4.29. The van der Waals surface area contributed by atoms with Crippen LogP contribution >= 0.6 is 22.7 Å². The number of rotatable bonds is 8. The highest BCUT2D eigenvalue weighted by molar-refractivity contribution is 7.26. The Kier molecular flexibility index (Phi) is 8.67. The van der Waals surface area contributed by atoms with Crippen LogP contribution in [0.25, 0.3) is 73.4 Å². The van der Waals surface area contributed by atoms with Crippen LogP contribution in [0.15, 0.2) is 201 Å². The molecule has 0 saturated heterocycles. The lowest BCUT2D eigenvalue weighted by molar-refractivity contribution is 1.30. The summed E-state index contributed by atoms with van der Waals surface area (Å²) in [5.74, 6) is 0. The summed E-state index contributed by atoms with van der Waals surface area (Å²) < 4.78 is 5.19. The van der Waals surface area contributed by atoms with Crippen molar-refractivity contribution in [2.24, 2.45) is 0 Å². The molecule has 0 unspecified atom stereocenters. The molecule has 1 nitrogen and oxygen atoms in total. The molecule has 0 bridgehead atoms. The standard InChI is InChI=1S/C53H37NS2/c1-3-14-42(41(4-2)38-26-25-35-15-5-6-16-37(35)33-38)36-27-30-40(31-28-36)54(48-21-13-24-52-53(48)45-19-9-12-23-50(45)56-52)47-20-10-7-17-43(47)39-29-32-51-46(34-39)44-18-8-11-22-49(44)55-51/h3-34H,2H2,1H3/b14-3-,42-41-. The summed E-state index contributed by atoms with van der Waals surface area (Å²) in [5.41, 5.74) is 10.3. The molecule has 10 rings (SSSR count). The highest BCUT2D eigenvalue weighted by Crippen LogP contribution is 2.48. The van der Waals surface area contributed by atoms with Gasteiger partial charge in [0, 0.05) is 51.6 Å². The van der Waals surface area contributed by atoms with Crippen molar-refractivity contribution in [2.45, 2.75) is 6.92 Å². The van der Waals surface area contributed by atoms with E-state index in [-0.39, 0.29) is 0 Å². The van der Waals surface area contributed by atoms with Gasteiger partial charge >= 0.3 is 0 Å². The predicted molar refractivity (Wildman–Crippen MR) is 248 cm³/mol. The van der Waals surface area contributed by atoms with Crippen molar-refractivity contribution in [3.63, 3.8) is 0 Å². The van der Waals surface area contributed by atoms with Gasteiger partial charge in [-0.2, -0.15) is 0 Å². The van der Waals surface area contributed by atoms with Crippen LogP contribution in [0, 0.1) is 0 Å². The molecule has 0 spiro atoms. The number of thiophene rings is 2. The van der Waals surface area contributed by atoms with E-state index >= 15 is 0 Å². The third-order valence-corrected chi connectivity index (χ3v) is 13.1. The lowest BCUT2D eigenvalue weighted by Crippen LogP contribution is -2.11. The van der Waals surface area contributed by atoms with Gasteiger partial charge < -0.3 is 4.90 Å². The van der Waals surface area contributed by atoms with Crippen molar-refractivity contribution >= 4 is 102 Å². The molecule has 0 fully saturated rings. The number of nitrogens with zero attached hydrogens (tertiary/aromatic N) is 1. The average Bonchev–Trinajstić information content (AvgIpc) is 3.83. The van der Waals surface area contributed by atoms with Crippen molar-refractivity contribution in [1.29, 1.82) is 0 Å². The molecule has 10 aromatic rings. The summed E-state index contributed by atoms with van der Waals surface area (Å²) >= 11 is 3.71. The van der Waals surface area contributed by atoms with E-state index in [1.54, 1.807) is 0 Å². The van der Waals surface area contributed by atoms with Crippen molar-refractivity contribution < 1.29 is 0 Å². The Morgan fingerprint density at radius 3 is 1.96 bits per heavy atom. The molecule has 0 amide bonds. The van der Waals surface area contributed by atoms with E-state index in [4.69, 9.17) is 0 Å². The Bertz CT molecular complexity index is 3170. The minimum Gasteiger partial charge on any atom is -0.309 e. The zero-order valence-electron chi connectivity index (χ0n) is 30.9. The van der Waals surface area contributed by atoms with Crippen molar-refractivity contribution in [2.75, 3.05) is 4.90 Å². The van der Waals surface area contributed by atoms with Gasteiger partial charge in [-0.1, -0.05) is 140 Å². The highest BCUT2D eigenvalue weighted by Gasteiger charge is 2.22. The first-order valence-corrected chi connectivity index (χ1v) is 20.6. The fourth-order valence-corrected chi connectivity index (χ4v) is 10.4. The third kappa shape index (κ3) is 5.84. The van der Waals surface area contributed by atoms with Gasteiger partial charge in [-0.25, -0.2) is 0 Å². The molecule has 0 saturated carbocycles. The summed E-state index contributed by atoms with van der Waals surface area (Å²) in [7, 11) is 0. The molecule has 0 atom stereocenters. The maximum Gasteiger partial charge on any atom is 0.0555 e. The van der Waals surface area contributed by atoms with Crippen LogP contribution < -0.4 is 4.90 Å². The lowest BCUT2D eigenvalue weighted by Gasteiger charge is -2.29. The second-order valence-electron chi connectivity index (χ2n) is 14.1. The lowest BCUT2D eigenvalue weighted by atomic mass is 9.92. The normalized spacial score (nSPS) is 12.3. The molecule has 266 valence electrons. The number of hydrogen-bond donors (Lipinski definition) is 0. The van der Waals surface area contributed by atoms with Crippen LogP contribution in [0.1, 0.15) is 18.1 Å². The second-order valence-corrected chi connectivity index (χ2v) is 16.2. The monoisotopic (exact) mass is 751 g/mol. The molecule has 56 heavy (non-hydrogen) atoms. The van der Waals surface area contributed by atoms with E-state index in [0.717, 1.165) is 39.3 Å². The maximum atomic E-state index is 4.29. The molecular formula is C53H37NS2. The molecule has 0 radical (unpaired) electrons. The second kappa shape index (κ2) is 14.3. The van der Waals surface area contributed by atoms with Crippen LogP contribution in [0.5, 0.6) is 0 Å². The Hall–Kier alpha value is -6.52. The van der Waals surface area contributed by atoms with Crippen LogP contribution in [0.3, 0.4) is 0 Å². The van der Waals surface area contributed by atoms with Crippen LogP contribution in [0.2, 0.25) is 0 Å². The fourth-order valence-electron chi connectivity index (χ4n) is 8.19. The number of benzene rings is 8. The first-order chi connectivity index (χ1) is 27.7. The summed E-state index contributed by atoms with van der Waals surface area (Å²) in [6.07, 6.45) is 6.31. The molecule has 0 N–H and O–H groups in total. The summed E-state index contributed by atoms with van der Waals surface area (Å²) in [6, 6.07) is 64.4. The number of fused-ring (bicyclic) bond motifs is 7. The van der Waals surface area contributed by atoms with Gasteiger partial charge in [0.05, 0.1) is 11.4 Å². The summed E-state index contributed by atoms with van der Waals surface area (Å²) in [4.78, 5) is 2.47. The van der Waals surface area contributed by atoms with Crippen LogP contribution in [-0.2, 0) is 0 Å². The predicted octanol–water partition coefficient (Wildman–Crippen LogP) is 16.4. The average molecular weight is 752 g/mol. The minimum atomic E-state index is 1.09. The van der Waals surface area contributed by atoms with Gasteiger partial charge in [0.25, 0.3) is 0 Å². The topological polar surface area (TPSA) is 3.24 Å². The number of hydrogen-bond acceptors (Lipinski definition) is 3. The Balaban J connectivity index is 1.17. The van der Waals surface area contributed by atoms with E-state index in [9.17, 15) is 0 Å². The largest absolute Gasteiger partial charge is 0.309 e. The van der Waals surface area contributed by atoms with Gasteiger partial charge in [-0.15, -0.1) is 22.7 Å². The van der Waals surface area contributed by atoms with Crippen molar-refractivity contribution in [3.8, 4) is 11.1 Å². The van der Waals surface area contributed by atoms with Gasteiger partial charge in [-0.05, 0) is 106 Å². The highest BCUT2D eigenvalue weighted by atomic mass is 32.1. The Morgan fingerprint density at radius 2 is 1.14 bits per heavy atom. The van der Waals surface area contributed by atoms with Gasteiger partial charge in [-0.3, -0.25) is 0 Å². The van der Waals surface area contributed by atoms with Crippen LogP contribution in [-0.4, -0.2) is 0 Å². The Labute approximate surface area is 335 Å². The quantitative estimate of drug-likeness (QED) is 0.110. The first-order valence-electron chi connectivity index (χ1n) is 19.0.